The van der Waals surface area contributed by atoms with E-state index in [1.807, 2.05) is 65.6 Å². The summed E-state index contributed by atoms with van der Waals surface area (Å²) in [6, 6.07) is 25.9. The van der Waals surface area contributed by atoms with Crippen LogP contribution >= 0.6 is 11.8 Å². The summed E-state index contributed by atoms with van der Waals surface area (Å²) in [7, 11) is 0. The second-order valence-electron chi connectivity index (χ2n) is 8.61. The molecule has 0 radical (unpaired) electrons. The normalized spacial score (nSPS) is 17.5. The molecule has 5 heteroatoms. The van der Waals surface area contributed by atoms with Gasteiger partial charge >= 0.3 is 0 Å². The first kappa shape index (κ1) is 21.5. The largest absolute Gasteiger partial charge is 0.339 e. The van der Waals surface area contributed by atoms with Crippen LogP contribution in [-0.2, 0) is 11.2 Å². The minimum Gasteiger partial charge on any atom is -0.339 e. The lowest BCUT2D eigenvalue weighted by Crippen LogP contribution is -2.38. The Morgan fingerprint density at radius 2 is 1.64 bits per heavy atom. The number of nitrogens with one attached hydrogen (secondary N) is 1. The minimum atomic E-state index is -0.0998. The van der Waals surface area contributed by atoms with Crippen molar-refractivity contribution in [2.75, 3.05) is 18.4 Å². The number of hydrogen-bond acceptors (Lipinski definition) is 3. The van der Waals surface area contributed by atoms with Crippen LogP contribution in [0.5, 0.6) is 0 Å². The minimum absolute atomic E-state index is 0.0890. The van der Waals surface area contributed by atoms with E-state index in [1.165, 1.54) is 17.3 Å². The van der Waals surface area contributed by atoms with Gasteiger partial charge in [-0.05, 0) is 66.6 Å². The molecule has 1 N–H and O–H groups in total. The van der Waals surface area contributed by atoms with Crippen molar-refractivity contribution < 1.29 is 9.59 Å². The number of fused-ring (bicyclic) bond motifs is 1. The van der Waals surface area contributed by atoms with Crippen molar-refractivity contribution in [2.24, 2.45) is 5.92 Å². The zero-order chi connectivity index (χ0) is 22.6. The zero-order valence-corrected chi connectivity index (χ0v) is 19.2. The summed E-state index contributed by atoms with van der Waals surface area (Å²) in [4.78, 5) is 29.1. The van der Waals surface area contributed by atoms with Crippen LogP contribution in [0.2, 0.25) is 0 Å². The Morgan fingerprint density at radius 1 is 0.939 bits per heavy atom. The molecule has 2 amide bonds. The van der Waals surface area contributed by atoms with Gasteiger partial charge in [-0.1, -0.05) is 66.4 Å². The lowest BCUT2D eigenvalue weighted by Gasteiger charge is -2.32. The topological polar surface area (TPSA) is 49.4 Å². The average Bonchev–Trinajstić information content (AvgIpc) is 2.86. The number of amides is 2. The van der Waals surface area contributed by atoms with E-state index in [0.717, 1.165) is 48.5 Å². The number of piperidine rings is 1. The lowest BCUT2D eigenvalue weighted by atomic mass is 9.90. The average molecular weight is 455 g/mol. The highest BCUT2D eigenvalue weighted by atomic mass is 32.2. The summed E-state index contributed by atoms with van der Waals surface area (Å²) in [6.07, 6.45) is 5.04. The second-order valence-corrected chi connectivity index (χ2v) is 9.69. The highest BCUT2D eigenvalue weighted by Gasteiger charge is 2.24. The SMILES string of the molecule is O=C1Nc2ccccc2SC1=Cc1ccc(C(=O)N2CCC(Cc3ccccc3)CC2)cc1. The van der Waals surface area contributed by atoms with E-state index in [2.05, 4.69) is 29.6 Å². The quantitative estimate of drug-likeness (QED) is 0.502. The van der Waals surface area contributed by atoms with Crippen LogP contribution in [0.3, 0.4) is 0 Å². The van der Waals surface area contributed by atoms with Crippen molar-refractivity contribution in [3.05, 3.63) is 100 Å². The number of thioether (sulfide) groups is 1. The molecular weight excluding hydrogens is 428 g/mol. The fraction of sp³-hybridized carbons (Fsp3) is 0.214. The first-order chi connectivity index (χ1) is 16.2. The molecule has 5 rings (SSSR count). The molecule has 1 fully saturated rings. The molecular formula is C28H26N2O2S. The predicted octanol–water partition coefficient (Wildman–Crippen LogP) is 5.87. The predicted molar refractivity (Wildman–Crippen MR) is 134 cm³/mol. The zero-order valence-electron chi connectivity index (χ0n) is 18.4. The number of carbonyl (C=O) groups excluding carboxylic acids is 2. The van der Waals surface area contributed by atoms with Gasteiger partial charge in [0.2, 0.25) is 0 Å². The molecule has 3 aromatic rings. The first-order valence-corrected chi connectivity index (χ1v) is 12.2. The Morgan fingerprint density at radius 3 is 2.39 bits per heavy atom. The molecule has 0 atom stereocenters. The third-order valence-corrected chi connectivity index (χ3v) is 7.40. The van der Waals surface area contributed by atoms with Gasteiger partial charge in [-0.15, -0.1) is 0 Å². The number of carbonyl (C=O) groups is 2. The summed E-state index contributed by atoms with van der Waals surface area (Å²) < 4.78 is 0. The van der Waals surface area contributed by atoms with Gasteiger partial charge in [0.15, 0.2) is 0 Å². The van der Waals surface area contributed by atoms with Gasteiger partial charge in [-0.2, -0.15) is 0 Å². The van der Waals surface area contributed by atoms with Crippen LogP contribution < -0.4 is 5.32 Å². The van der Waals surface area contributed by atoms with Crippen molar-refractivity contribution in [3.8, 4) is 0 Å². The molecule has 2 aliphatic rings. The van der Waals surface area contributed by atoms with Gasteiger partial charge < -0.3 is 10.2 Å². The summed E-state index contributed by atoms with van der Waals surface area (Å²) in [5, 5.41) is 2.93. The van der Waals surface area contributed by atoms with Crippen LogP contribution in [-0.4, -0.2) is 29.8 Å². The summed E-state index contributed by atoms with van der Waals surface area (Å²) >= 11 is 1.47. The lowest BCUT2D eigenvalue weighted by molar-refractivity contribution is -0.112. The van der Waals surface area contributed by atoms with Gasteiger partial charge in [-0.3, -0.25) is 9.59 Å². The third-order valence-electron chi connectivity index (χ3n) is 6.30. The molecule has 2 heterocycles. The fourth-order valence-electron chi connectivity index (χ4n) is 4.45. The van der Waals surface area contributed by atoms with Gasteiger partial charge in [0.1, 0.15) is 0 Å². The molecule has 0 bridgehead atoms. The summed E-state index contributed by atoms with van der Waals surface area (Å²) in [6.45, 7) is 1.61. The smallest absolute Gasteiger partial charge is 0.262 e. The number of hydrogen-bond donors (Lipinski definition) is 1. The Hall–Kier alpha value is -3.31. The van der Waals surface area contributed by atoms with Gasteiger partial charge in [-0.25, -0.2) is 0 Å². The molecule has 0 aliphatic carbocycles. The first-order valence-electron chi connectivity index (χ1n) is 11.4. The van der Waals surface area contributed by atoms with E-state index >= 15 is 0 Å². The number of benzene rings is 3. The van der Waals surface area contributed by atoms with Crippen molar-refractivity contribution in [2.45, 2.75) is 24.2 Å². The molecule has 3 aromatic carbocycles. The molecule has 0 spiro atoms. The number of anilines is 1. The number of likely N-dealkylation sites (tertiary alicyclic amines) is 1. The highest BCUT2D eigenvalue weighted by molar-refractivity contribution is 8.04. The molecule has 33 heavy (non-hydrogen) atoms. The molecule has 2 aliphatic heterocycles. The van der Waals surface area contributed by atoms with Crippen LogP contribution in [0.4, 0.5) is 5.69 Å². The van der Waals surface area contributed by atoms with Gasteiger partial charge in [0.25, 0.3) is 11.8 Å². The van der Waals surface area contributed by atoms with Crippen LogP contribution in [0, 0.1) is 5.92 Å². The molecule has 0 aromatic heterocycles. The maximum absolute atomic E-state index is 13.0. The Bertz CT molecular complexity index is 1180. The van der Waals surface area contributed by atoms with Crippen molar-refractivity contribution in [3.63, 3.8) is 0 Å². The van der Waals surface area contributed by atoms with E-state index in [0.29, 0.717) is 16.4 Å². The maximum Gasteiger partial charge on any atom is 0.262 e. The molecule has 4 nitrogen and oxygen atoms in total. The van der Waals surface area contributed by atoms with E-state index in [9.17, 15) is 9.59 Å². The standard InChI is InChI=1S/C28H26N2O2S/c31-27-26(33-25-9-5-4-8-24(25)29-27)19-21-10-12-23(13-11-21)28(32)30-16-14-22(15-17-30)18-20-6-2-1-3-7-20/h1-13,19,22H,14-18H2,(H,29,31). The van der Waals surface area contributed by atoms with E-state index < -0.39 is 0 Å². The fourth-order valence-corrected chi connectivity index (χ4v) is 5.40. The molecule has 0 unspecified atom stereocenters. The molecule has 1 saturated heterocycles. The number of nitrogens with zero attached hydrogens (tertiary/aromatic N) is 1. The van der Waals surface area contributed by atoms with Crippen LogP contribution in [0.15, 0.2) is 88.7 Å². The monoisotopic (exact) mass is 454 g/mol. The highest BCUT2D eigenvalue weighted by Crippen LogP contribution is 2.38. The molecule has 0 saturated carbocycles. The molecule has 166 valence electrons. The van der Waals surface area contributed by atoms with E-state index in [1.54, 1.807) is 0 Å². The Balaban J connectivity index is 1.20. The van der Waals surface area contributed by atoms with Crippen molar-refractivity contribution >= 4 is 35.3 Å². The third kappa shape index (κ3) is 5.04. The van der Waals surface area contributed by atoms with Crippen molar-refractivity contribution in [1.29, 1.82) is 0 Å². The number of rotatable bonds is 4. The Kier molecular flexibility index (Phi) is 6.31. The van der Waals surface area contributed by atoms with Crippen LogP contribution in [0.1, 0.15) is 34.3 Å². The van der Waals surface area contributed by atoms with Crippen LogP contribution in [0.25, 0.3) is 6.08 Å². The number of para-hydroxylation sites is 1. The van der Waals surface area contributed by atoms with Gasteiger partial charge in [0, 0.05) is 23.5 Å². The second kappa shape index (κ2) is 9.67. The van der Waals surface area contributed by atoms with Crippen molar-refractivity contribution in [1.82, 2.24) is 4.90 Å². The van der Waals surface area contributed by atoms with E-state index in [-0.39, 0.29) is 11.8 Å². The van der Waals surface area contributed by atoms with Gasteiger partial charge in [0.05, 0.1) is 10.6 Å². The maximum atomic E-state index is 13.0. The summed E-state index contributed by atoms with van der Waals surface area (Å²) in [5.74, 6) is 0.623. The van der Waals surface area contributed by atoms with E-state index in [4.69, 9.17) is 0 Å². The Labute approximate surface area is 198 Å². The summed E-state index contributed by atoms with van der Waals surface area (Å²) in [5.41, 5.74) is 3.83.